The van der Waals surface area contributed by atoms with Gasteiger partial charge in [-0.2, -0.15) is 13.2 Å². The highest BCUT2D eigenvalue weighted by Crippen LogP contribution is 2.37. The number of allylic oxidation sites excluding steroid dienone is 1. The molecule has 1 aliphatic rings. The molecule has 1 aliphatic carbocycles. The third-order valence-corrected chi connectivity index (χ3v) is 2.37. The first kappa shape index (κ1) is 12.4. The van der Waals surface area contributed by atoms with Crippen molar-refractivity contribution in [3.63, 3.8) is 0 Å². The van der Waals surface area contributed by atoms with Crippen molar-refractivity contribution in [2.75, 3.05) is 0 Å². The second kappa shape index (κ2) is 3.73. The highest BCUT2D eigenvalue weighted by atomic mass is 19.4. The highest BCUT2D eigenvalue weighted by molar-refractivity contribution is 5.11. The topological polar surface area (TPSA) is 20.2 Å². The zero-order valence-electron chi connectivity index (χ0n) is 7.82. The van der Waals surface area contributed by atoms with Gasteiger partial charge in [-0.25, -0.2) is 8.78 Å². The van der Waals surface area contributed by atoms with E-state index in [4.69, 9.17) is 0 Å². The zero-order chi connectivity index (χ0) is 11.7. The van der Waals surface area contributed by atoms with Crippen molar-refractivity contribution in [3.8, 4) is 0 Å². The van der Waals surface area contributed by atoms with Crippen LogP contribution in [0.2, 0.25) is 0 Å². The largest absolute Gasteiger partial charge is 0.389 e. The molecular weight excluding hydrogens is 219 g/mol. The van der Waals surface area contributed by atoms with Crippen LogP contribution in [-0.2, 0) is 0 Å². The summed E-state index contributed by atoms with van der Waals surface area (Å²) in [5, 5.41) is 9.55. The third-order valence-electron chi connectivity index (χ3n) is 2.37. The van der Waals surface area contributed by atoms with Crippen LogP contribution in [0, 0.1) is 0 Å². The molecule has 1 N–H and O–H groups in total. The number of alkyl halides is 5. The second-order valence-corrected chi connectivity index (χ2v) is 3.81. The maximum Gasteiger partial charge on any atom is 0.389 e. The van der Waals surface area contributed by atoms with E-state index in [0.717, 1.165) is 6.08 Å². The van der Waals surface area contributed by atoms with Crippen LogP contribution in [0.25, 0.3) is 0 Å². The molecule has 0 amide bonds. The van der Waals surface area contributed by atoms with Gasteiger partial charge < -0.3 is 5.11 Å². The van der Waals surface area contributed by atoms with Crippen LogP contribution in [-0.4, -0.2) is 22.8 Å². The molecule has 6 heteroatoms. The molecule has 0 aromatic carbocycles. The number of rotatable bonds is 2. The molecule has 0 saturated heterocycles. The van der Waals surface area contributed by atoms with E-state index in [9.17, 15) is 27.1 Å². The summed E-state index contributed by atoms with van der Waals surface area (Å²) in [7, 11) is 0. The molecular formula is C9H11F5O. The van der Waals surface area contributed by atoms with Gasteiger partial charge in [0.2, 0.25) is 0 Å². The van der Waals surface area contributed by atoms with Gasteiger partial charge in [0.15, 0.2) is 0 Å². The average molecular weight is 230 g/mol. The zero-order valence-corrected chi connectivity index (χ0v) is 7.82. The Balaban J connectivity index is 2.56. The quantitative estimate of drug-likeness (QED) is 0.571. The molecule has 0 radical (unpaired) electrons. The molecule has 0 bridgehead atoms. The first-order valence-corrected chi connectivity index (χ1v) is 4.49. The van der Waals surface area contributed by atoms with E-state index in [-0.39, 0.29) is 6.42 Å². The van der Waals surface area contributed by atoms with E-state index in [1.807, 2.05) is 0 Å². The monoisotopic (exact) mass is 230 g/mol. The minimum Gasteiger partial charge on any atom is -0.386 e. The summed E-state index contributed by atoms with van der Waals surface area (Å²) in [6.45, 7) is 0. The fourth-order valence-corrected chi connectivity index (χ4v) is 1.39. The van der Waals surface area contributed by atoms with Crippen LogP contribution in [0.3, 0.4) is 0 Å². The number of hydrogen-bond acceptors (Lipinski definition) is 1. The van der Waals surface area contributed by atoms with E-state index in [1.54, 1.807) is 0 Å². The lowest BCUT2D eigenvalue weighted by atomic mass is 9.85. The lowest BCUT2D eigenvalue weighted by molar-refractivity contribution is -0.145. The summed E-state index contributed by atoms with van der Waals surface area (Å²) in [6.07, 6.45) is -5.80. The minimum absolute atomic E-state index is 0.341. The molecule has 0 aliphatic heterocycles. The molecule has 0 aromatic rings. The Morgan fingerprint density at radius 2 is 1.73 bits per heavy atom. The van der Waals surface area contributed by atoms with Crippen molar-refractivity contribution >= 4 is 0 Å². The van der Waals surface area contributed by atoms with Gasteiger partial charge in [0.25, 0.3) is 5.92 Å². The van der Waals surface area contributed by atoms with Gasteiger partial charge in [0, 0.05) is 12.8 Å². The van der Waals surface area contributed by atoms with E-state index in [0.29, 0.717) is 6.08 Å². The van der Waals surface area contributed by atoms with Crippen LogP contribution in [0.4, 0.5) is 22.0 Å². The summed E-state index contributed by atoms with van der Waals surface area (Å²) in [6, 6.07) is 0. The molecule has 0 aromatic heterocycles. The summed E-state index contributed by atoms with van der Waals surface area (Å²) in [5.41, 5.74) is -1.74. The molecule has 88 valence electrons. The van der Waals surface area contributed by atoms with Crippen molar-refractivity contribution in [2.45, 2.75) is 43.4 Å². The van der Waals surface area contributed by atoms with Crippen LogP contribution in [0.1, 0.15) is 25.7 Å². The van der Waals surface area contributed by atoms with Crippen LogP contribution in [0.15, 0.2) is 12.2 Å². The Hall–Kier alpha value is -0.650. The molecule has 1 atom stereocenters. The van der Waals surface area contributed by atoms with Gasteiger partial charge in [-0.15, -0.1) is 0 Å². The van der Waals surface area contributed by atoms with Gasteiger partial charge in [0.05, 0.1) is 5.60 Å². The van der Waals surface area contributed by atoms with Gasteiger partial charge in [-0.1, -0.05) is 6.08 Å². The van der Waals surface area contributed by atoms with Crippen molar-refractivity contribution in [1.82, 2.24) is 0 Å². The SMILES string of the molecule is OC1(CCC(F)(F)F)C=CC(F)(F)CC1. The Kier molecular flexibility index (Phi) is 3.09. The fraction of sp³-hybridized carbons (Fsp3) is 0.778. The first-order valence-electron chi connectivity index (χ1n) is 4.49. The number of aliphatic hydroxyl groups is 1. The molecule has 1 rings (SSSR count). The normalized spacial score (nSPS) is 30.5. The maximum atomic E-state index is 12.6. The van der Waals surface area contributed by atoms with E-state index in [2.05, 4.69) is 0 Å². The Morgan fingerprint density at radius 3 is 2.13 bits per heavy atom. The van der Waals surface area contributed by atoms with Crippen molar-refractivity contribution in [3.05, 3.63) is 12.2 Å². The molecule has 0 saturated carbocycles. The van der Waals surface area contributed by atoms with Crippen molar-refractivity contribution in [1.29, 1.82) is 0 Å². The smallest absolute Gasteiger partial charge is 0.386 e. The van der Waals surface area contributed by atoms with Crippen molar-refractivity contribution in [2.24, 2.45) is 0 Å². The second-order valence-electron chi connectivity index (χ2n) is 3.81. The summed E-state index contributed by atoms with van der Waals surface area (Å²) < 4.78 is 60.8. The van der Waals surface area contributed by atoms with E-state index < -0.39 is 37.0 Å². The molecule has 1 nitrogen and oxygen atoms in total. The summed E-state index contributed by atoms with van der Waals surface area (Å²) >= 11 is 0. The standard InChI is InChI=1S/C9H11F5O/c10-8(11)4-1-7(15,2-5-8)3-6-9(12,13)14/h1,4,15H,2-3,5-6H2. The average Bonchev–Trinajstić information content (AvgIpc) is 2.07. The van der Waals surface area contributed by atoms with Gasteiger partial charge in [-0.05, 0) is 18.9 Å². The lowest BCUT2D eigenvalue weighted by Crippen LogP contribution is -2.34. The summed E-state index contributed by atoms with van der Waals surface area (Å²) in [4.78, 5) is 0. The molecule has 1 unspecified atom stereocenters. The van der Waals surface area contributed by atoms with Crippen LogP contribution in [0.5, 0.6) is 0 Å². The lowest BCUT2D eigenvalue weighted by Gasteiger charge is -2.31. The molecule has 0 fully saturated rings. The van der Waals surface area contributed by atoms with E-state index in [1.165, 1.54) is 0 Å². The predicted octanol–water partition coefficient (Wildman–Crippen LogP) is 3.05. The number of hydrogen-bond donors (Lipinski definition) is 1. The molecule has 0 heterocycles. The first-order chi connectivity index (χ1) is 6.62. The maximum absolute atomic E-state index is 12.6. The molecule has 0 spiro atoms. The molecule has 15 heavy (non-hydrogen) atoms. The Bertz CT molecular complexity index is 258. The third kappa shape index (κ3) is 4.15. The predicted molar refractivity (Wildman–Crippen MR) is 43.6 cm³/mol. The van der Waals surface area contributed by atoms with Crippen molar-refractivity contribution < 1.29 is 27.1 Å². The van der Waals surface area contributed by atoms with Gasteiger partial charge >= 0.3 is 6.18 Å². The van der Waals surface area contributed by atoms with E-state index >= 15 is 0 Å². The Morgan fingerprint density at radius 1 is 1.13 bits per heavy atom. The van der Waals surface area contributed by atoms with Crippen LogP contribution >= 0.6 is 0 Å². The van der Waals surface area contributed by atoms with Crippen LogP contribution < -0.4 is 0 Å². The fourth-order valence-electron chi connectivity index (χ4n) is 1.39. The van der Waals surface area contributed by atoms with Gasteiger partial charge in [-0.3, -0.25) is 0 Å². The Labute approximate surface area is 83.6 Å². The minimum atomic E-state index is -4.37. The number of halogens is 5. The summed E-state index contributed by atoms with van der Waals surface area (Å²) in [5.74, 6) is -3.01. The van der Waals surface area contributed by atoms with Gasteiger partial charge in [0.1, 0.15) is 0 Å². The highest BCUT2D eigenvalue weighted by Gasteiger charge is 2.39.